The molecule has 1 saturated carbocycles. The molecule has 0 spiro atoms. The molecule has 0 aromatic carbocycles. The Morgan fingerprint density at radius 3 is 2.52 bits per heavy atom. The van der Waals surface area contributed by atoms with E-state index in [1.54, 1.807) is 11.1 Å². The van der Waals surface area contributed by atoms with E-state index in [1.807, 2.05) is 13.1 Å². The molecule has 0 atom stereocenters. The standard InChI is InChI=1S/C19H23N5O/c1-11-14(8-20-16(22-11)12-5-6-12)17(25)24-9-13-7-21-18(19(2,3)4)23-15(13)10-24/h7-8,12H,5-6,9-10H2,1-4H3. The van der Waals surface area contributed by atoms with Crippen LogP contribution in [0.4, 0.5) is 0 Å². The lowest BCUT2D eigenvalue weighted by atomic mass is 9.95. The summed E-state index contributed by atoms with van der Waals surface area (Å²) in [6.45, 7) is 9.23. The summed E-state index contributed by atoms with van der Waals surface area (Å²) in [5, 5.41) is 0. The van der Waals surface area contributed by atoms with Crippen molar-refractivity contribution in [2.24, 2.45) is 0 Å². The van der Waals surface area contributed by atoms with Crippen molar-refractivity contribution in [1.29, 1.82) is 0 Å². The Hall–Kier alpha value is -2.37. The summed E-state index contributed by atoms with van der Waals surface area (Å²) in [4.78, 5) is 32.8. The van der Waals surface area contributed by atoms with Gasteiger partial charge in [-0.2, -0.15) is 0 Å². The molecule has 6 nitrogen and oxygen atoms in total. The smallest absolute Gasteiger partial charge is 0.257 e. The predicted molar refractivity (Wildman–Crippen MR) is 93.1 cm³/mol. The monoisotopic (exact) mass is 337 g/mol. The maximum Gasteiger partial charge on any atom is 0.257 e. The van der Waals surface area contributed by atoms with Crippen molar-refractivity contribution in [3.63, 3.8) is 0 Å². The Kier molecular flexibility index (Phi) is 3.60. The second kappa shape index (κ2) is 5.58. The number of aryl methyl sites for hydroxylation is 1. The number of carbonyl (C=O) groups is 1. The van der Waals surface area contributed by atoms with Gasteiger partial charge in [0.2, 0.25) is 0 Å². The summed E-state index contributed by atoms with van der Waals surface area (Å²) in [5.41, 5.74) is 3.21. The van der Waals surface area contributed by atoms with Crippen molar-refractivity contribution >= 4 is 5.91 Å². The van der Waals surface area contributed by atoms with Crippen LogP contribution in [-0.4, -0.2) is 30.7 Å². The van der Waals surface area contributed by atoms with Crippen LogP contribution in [0, 0.1) is 6.92 Å². The fourth-order valence-electron chi connectivity index (χ4n) is 3.06. The second-order valence-corrected chi connectivity index (χ2v) is 8.08. The molecule has 2 aromatic heterocycles. The van der Waals surface area contributed by atoms with Gasteiger partial charge < -0.3 is 4.90 Å². The van der Waals surface area contributed by atoms with Crippen LogP contribution in [0.15, 0.2) is 12.4 Å². The first-order valence-electron chi connectivity index (χ1n) is 8.81. The molecule has 1 aliphatic carbocycles. The Balaban J connectivity index is 1.56. The minimum Gasteiger partial charge on any atom is -0.328 e. The van der Waals surface area contributed by atoms with Crippen LogP contribution in [0.1, 0.15) is 78.5 Å². The summed E-state index contributed by atoms with van der Waals surface area (Å²) in [6, 6.07) is 0. The average molecular weight is 337 g/mol. The molecule has 25 heavy (non-hydrogen) atoms. The zero-order valence-electron chi connectivity index (χ0n) is 15.2. The van der Waals surface area contributed by atoms with E-state index in [0.29, 0.717) is 24.6 Å². The maximum atomic E-state index is 12.9. The summed E-state index contributed by atoms with van der Waals surface area (Å²) >= 11 is 0. The highest BCUT2D eigenvalue weighted by Gasteiger charge is 2.31. The largest absolute Gasteiger partial charge is 0.328 e. The Morgan fingerprint density at radius 1 is 1.12 bits per heavy atom. The van der Waals surface area contributed by atoms with E-state index in [1.165, 1.54) is 0 Å². The van der Waals surface area contributed by atoms with E-state index in [2.05, 4.69) is 40.7 Å². The van der Waals surface area contributed by atoms with Gasteiger partial charge in [0.15, 0.2) is 0 Å². The normalized spacial score (nSPS) is 16.9. The van der Waals surface area contributed by atoms with E-state index in [-0.39, 0.29) is 11.3 Å². The molecule has 2 aromatic rings. The fourth-order valence-corrected chi connectivity index (χ4v) is 3.06. The van der Waals surface area contributed by atoms with Gasteiger partial charge in [-0.15, -0.1) is 0 Å². The van der Waals surface area contributed by atoms with Crippen LogP contribution >= 0.6 is 0 Å². The number of rotatable bonds is 2. The Labute approximate surface area is 147 Å². The van der Waals surface area contributed by atoms with Gasteiger partial charge in [0.1, 0.15) is 11.6 Å². The summed E-state index contributed by atoms with van der Waals surface area (Å²) in [7, 11) is 0. The van der Waals surface area contributed by atoms with Crippen molar-refractivity contribution in [3.05, 3.63) is 46.6 Å². The van der Waals surface area contributed by atoms with E-state index in [9.17, 15) is 4.79 Å². The third-order valence-corrected chi connectivity index (χ3v) is 4.78. The fraction of sp³-hybridized carbons (Fsp3) is 0.526. The van der Waals surface area contributed by atoms with Crippen molar-refractivity contribution in [2.45, 2.75) is 65.0 Å². The molecule has 0 radical (unpaired) electrons. The van der Waals surface area contributed by atoms with Gasteiger partial charge in [0.05, 0.1) is 23.5 Å². The number of aromatic nitrogens is 4. The third-order valence-electron chi connectivity index (χ3n) is 4.78. The van der Waals surface area contributed by atoms with Crippen molar-refractivity contribution in [3.8, 4) is 0 Å². The molecule has 0 saturated heterocycles. The first-order valence-corrected chi connectivity index (χ1v) is 8.81. The van der Waals surface area contributed by atoms with Gasteiger partial charge in [-0.05, 0) is 19.8 Å². The van der Waals surface area contributed by atoms with Crippen molar-refractivity contribution in [2.75, 3.05) is 0 Å². The molecule has 0 N–H and O–H groups in total. The van der Waals surface area contributed by atoms with Gasteiger partial charge in [-0.25, -0.2) is 19.9 Å². The lowest BCUT2D eigenvalue weighted by molar-refractivity contribution is 0.0748. The Bertz CT molecular complexity index is 851. The minimum absolute atomic E-state index is 0.0323. The number of fused-ring (bicyclic) bond motifs is 1. The molecule has 2 aliphatic rings. The molecule has 0 bridgehead atoms. The summed E-state index contributed by atoms with van der Waals surface area (Å²) in [5.74, 6) is 2.15. The van der Waals surface area contributed by atoms with Crippen LogP contribution in [0.2, 0.25) is 0 Å². The number of hydrogen-bond acceptors (Lipinski definition) is 5. The number of nitrogens with zero attached hydrogens (tertiary/aromatic N) is 5. The molecule has 0 unspecified atom stereocenters. The molecule has 3 heterocycles. The van der Waals surface area contributed by atoms with E-state index >= 15 is 0 Å². The van der Waals surface area contributed by atoms with Crippen LogP contribution in [-0.2, 0) is 18.5 Å². The molecule has 1 aliphatic heterocycles. The quantitative estimate of drug-likeness (QED) is 0.842. The van der Waals surface area contributed by atoms with Gasteiger partial charge >= 0.3 is 0 Å². The molecular weight excluding hydrogens is 314 g/mol. The number of amides is 1. The van der Waals surface area contributed by atoms with Gasteiger partial charge in [0.25, 0.3) is 5.91 Å². The highest BCUT2D eigenvalue weighted by atomic mass is 16.2. The van der Waals surface area contributed by atoms with Crippen LogP contribution in [0.5, 0.6) is 0 Å². The van der Waals surface area contributed by atoms with Gasteiger partial charge in [-0.1, -0.05) is 20.8 Å². The van der Waals surface area contributed by atoms with Crippen LogP contribution in [0.25, 0.3) is 0 Å². The van der Waals surface area contributed by atoms with E-state index in [0.717, 1.165) is 41.4 Å². The zero-order chi connectivity index (χ0) is 17.8. The topological polar surface area (TPSA) is 71.9 Å². The summed E-state index contributed by atoms with van der Waals surface area (Å²) < 4.78 is 0. The first kappa shape index (κ1) is 16.1. The molecular formula is C19H23N5O. The average Bonchev–Trinajstić information content (AvgIpc) is 3.31. The number of hydrogen-bond donors (Lipinski definition) is 0. The Morgan fingerprint density at radius 2 is 1.88 bits per heavy atom. The predicted octanol–water partition coefficient (Wildman–Crippen LogP) is 2.91. The molecule has 1 amide bonds. The van der Waals surface area contributed by atoms with E-state index < -0.39 is 0 Å². The lowest BCUT2D eigenvalue weighted by Crippen LogP contribution is -2.26. The van der Waals surface area contributed by atoms with Gasteiger partial charge in [-0.3, -0.25) is 4.79 Å². The van der Waals surface area contributed by atoms with Crippen molar-refractivity contribution < 1.29 is 4.79 Å². The van der Waals surface area contributed by atoms with Crippen LogP contribution in [0.3, 0.4) is 0 Å². The summed E-state index contributed by atoms with van der Waals surface area (Å²) in [6.07, 6.45) is 5.86. The zero-order valence-corrected chi connectivity index (χ0v) is 15.2. The molecule has 4 rings (SSSR count). The lowest BCUT2D eigenvalue weighted by Gasteiger charge is -2.17. The maximum absolute atomic E-state index is 12.9. The number of carbonyl (C=O) groups excluding carboxylic acids is 1. The SMILES string of the molecule is Cc1nc(C2CC2)ncc1C(=O)N1Cc2cnc(C(C)(C)C)nc2C1. The van der Waals surface area contributed by atoms with Crippen LogP contribution < -0.4 is 0 Å². The molecule has 1 fully saturated rings. The molecule has 6 heteroatoms. The highest BCUT2D eigenvalue weighted by molar-refractivity contribution is 5.95. The van der Waals surface area contributed by atoms with Gasteiger partial charge in [0, 0.05) is 35.8 Å². The highest BCUT2D eigenvalue weighted by Crippen LogP contribution is 2.38. The second-order valence-electron chi connectivity index (χ2n) is 8.08. The minimum atomic E-state index is -0.102. The third kappa shape index (κ3) is 3.01. The first-order chi connectivity index (χ1) is 11.8. The van der Waals surface area contributed by atoms with Crippen molar-refractivity contribution in [1.82, 2.24) is 24.8 Å². The molecule has 130 valence electrons. The van der Waals surface area contributed by atoms with E-state index in [4.69, 9.17) is 0 Å².